The Kier molecular flexibility index (Phi) is 8.26. The van der Waals surface area contributed by atoms with Crippen LogP contribution in [0.1, 0.15) is 42.1 Å². The van der Waals surface area contributed by atoms with E-state index < -0.39 is 5.91 Å². The minimum atomic E-state index is -0.414. The number of hydrogen-bond acceptors (Lipinski definition) is 6. The molecule has 1 aromatic carbocycles. The zero-order valence-electron chi connectivity index (χ0n) is 19.3. The lowest BCUT2D eigenvalue weighted by molar-refractivity contribution is 0.0607. The number of halogens is 3. The van der Waals surface area contributed by atoms with Gasteiger partial charge in [0.05, 0.1) is 10.6 Å². The van der Waals surface area contributed by atoms with E-state index in [1.165, 1.54) is 12.3 Å². The molecule has 2 aliphatic rings. The zero-order valence-corrected chi connectivity index (χ0v) is 20.8. The van der Waals surface area contributed by atoms with Gasteiger partial charge in [-0.2, -0.15) is 0 Å². The van der Waals surface area contributed by atoms with Crippen molar-refractivity contribution >= 4 is 34.9 Å². The Hall–Kier alpha value is -1.97. The summed E-state index contributed by atoms with van der Waals surface area (Å²) in [7, 11) is 0. The van der Waals surface area contributed by atoms with E-state index in [1.807, 2.05) is 0 Å². The second-order valence-electron chi connectivity index (χ2n) is 8.99. The third-order valence-corrected chi connectivity index (χ3v) is 7.46. The number of hydrazine groups is 1. The van der Waals surface area contributed by atoms with Gasteiger partial charge in [0.2, 0.25) is 0 Å². The Morgan fingerprint density at radius 1 is 1.21 bits per heavy atom. The Balaban J connectivity index is 1.34. The number of nitrogens with two attached hydrogens (primary N) is 1. The van der Waals surface area contributed by atoms with Crippen molar-refractivity contribution in [2.24, 2.45) is 5.84 Å². The van der Waals surface area contributed by atoms with E-state index in [0.717, 1.165) is 52.0 Å². The number of piperazine rings is 1. The Labute approximate surface area is 210 Å². The van der Waals surface area contributed by atoms with Crippen molar-refractivity contribution in [3.63, 3.8) is 0 Å². The van der Waals surface area contributed by atoms with Crippen LogP contribution in [0.15, 0.2) is 30.5 Å². The molecule has 0 unspecified atom stereocenters. The average molecular weight is 509 g/mol. The van der Waals surface area contributed by atoms with Gasteiger partial charge in [-0.1, -0.05) is 36.2 Å². The summed E-state index contributed by atoms with van der Waals surface area (Å²) in [6.07, 6.45) is 4.66. The Bertz CT molecular complexity index is 1020. The summed E-state index contributed by atoms with van der Waals surface area (Å²) in [4.78, 5) is 23.3. The van der Waals surface area contributed by atoms with Crippen molar-refractivity contribution < 1.29 is 9.18 Å². The fraction of sp³-hybridized carbons (Fsp3) is 0.500. The molecule has 1 amide bonds. The predicted octanol–water partition coefficient (Wildman–Crippen LogP) is 3.70. The van der Waals surface area contributed by atoms with Crippen molar-refractivity contribution in [2.45, 2.75) is 44.8 Å². The highest BCUT2D eigenvalue weighted by Crippen LogP contribution is 2.30. The second kappa shape index (κ2) is 11.2. The van der Waals surface area contributed by atoms with Crippen LogP contribution in [0.3, 0.4) is 0 Å². The smallest absolute Gasteiger partial charge is 0.266 e. The highest BCUT2D eigenvalue weighted by atomic mass is 35.5. The molecular weight excluding hydrogens is 478 g/mol. The molecule has 1 aromatic heterocycles. The van der Waals surface area contributed by atoms with Gasteiger partial charge in [-0.3, -0.25) is 20.0 Å². The lowest BCUT2D eigenvalue weighted by Gasteiger charge is -2.47. The van der Waals surface area contributed by atoms with E-state index in [9.17, 15) is 9.18 Å². The van der Waals surface area contributed by atoms with Crippen LogP contribution in [0.25, 0.3) is 0 Å². The van der Waals surface area contributed by atoms with Gasteiger partial charge in [-0.25, -0.2) is 15.2 Å². The summed E-state index contributed by atoms with van der Waals surface area (Å²) in [5, 5.41) is 0.880. The van der Waals surface area contributed by atoms with Crippen LogP contribution in [0.2, 0.25) is 10.0 Å². The summed E-state index contributed by atoms with van der Waals surface area (Å²) < 4.78 is 14.2. The lowest BCUT2D eigenvalue weighted by Crippen LogP contribution is -2.58. The van der Waals surface area contributed by atoms with Gasteiger partial charge in [-0.15, -0.1) is 0 Å². The standard InChI is InChI=1S/C24H31Cl2FN6O/c1-2-19-15-32(23-21(26)11-17(13-29-23)24(34)30-28)9-10-33(19)20-5-7-31(8-6-20)14-16-3-4-18(25)12-22(16)27/h3-4,11-13,19-20H,2,5-10,14-15,28H2,1H3,(H,30,34)/t19-/m0/s1. The maximum Gasteiger partial charge on any atom is 0.266 e. The maximum absolute atomic E-state index is 14.2. The average Bonchev–Trinajstić information content (AvgIpc) is 2.85. The Morgan fingerprint density at radius 3 is 2.62 bits per heavy atom. The van der Waals surface area contributed by atoms with E-state index in [-0.39, 0.29) is 5.82 Å². The number of amides is 1. The number of hydrogen-bond donors (Lipinski definition) is 2. The van der Waals surface area contributed by atoms with E-state index in [1.54, 1.807) is 18.2 Å². The number of likely N-dealkylation sites (tertiary alicyclic amines) is 1. The number of nitrogens with one attached hydrogen (secondary N) is 1. The molecule has 2 fully saturated rings. The number of pyridine rings is 1. The van der Waals surface area contributed by atoms with Gasteiger partial charge in [0.15, 0.2) is 0 Å². The van der Waals surface area contributed by atoms with E-state index in [2.05, 4.69) is 32.0 Å². The molecule has 0 bridgehead atoms. The molecule has 34 heavy (non-hydrogen) atoms. The van der Waals surface area contributed by atoms with E-state index in [0.29, 0.717) is 45.6 Å². The molecule has 0 aliphatic carbocycles. The largest absolute Gasteiger partial charge is 0.353 e. The molecule has 4 rings (SSSR count). The van der Waals surface area contributed by atoms with Crippen LogP contribution in [0.5, 0.6) is 0 Å². The first-order valence-electron chi connectivity index (χ1n) is 11.7. The van der Waals surface area contributed by atoms with Crippen LogP contribution in [0.4, 0.5) is 10.2 Å². The van der Waals surface area contributed by atoms with Gasteiger partial charge in [0, 0.05) is 55.0 Å². The third kappa shape index (κ3) is 5.63. The minimum absolute atomic E-state index is 0.235. The summed E-state index contributed by atoms with van der Waals surface area (Å²) in [6.45, 7) is 7.30. The van der Waals surface area contributed by atoms with Crippen molar-refractivity contribution in [1.29, 1.82) is 0 Å². The minimum Gasteiger partial charge on any atom is -0.353 e. The molecule has 0 radical (unpaired) electrons. The molecule has 2 aromatic rings. The number of carbonyl (C=O) groups is 1. The monoisotopic (exact) mass is 508 g/mol. The van der Waals surface area contributed by atoms with Crippen LogP contribution in [-0.2, 0) is 6.54 Å². The van der Waals surface area contributed by atoms with Crippen LogP contribution >= 0.6 is 23.2 Å². The predicted molar refractivity (Wildman–Crippen MR) is 134 cm³/mol. The van der Waals surface area contributed by atoms with Crippen molar-refractivity contribution in [1.82, 2.24) is 20.2 Å². The quantitative estimate of drug-likeness (QED) is 0.352. The fourth-order valence-electron chi connectivity index (χ4n) is 5.08. The van der Waals surface area contributed by atoms with Gasteiger partial charge in [0.25, 0.3) is 5.91 Å². The summed E-state index contributed by atoms with van der Waals surface area (Å²) in [5.74, 6) is 5.26. The van der Waals surface area contributed by atoms with Crippen LogP contribution in [0, 0.1) is 5.82 Å². The normalized spacial score (nSPS) is 20.5. The second-order valence-corrected chi connectivity index (χ2v) is 9.84. The molecule has 184 valence electrons. The van der Waals surface area contributed by atoms with Crippen molar-refractivity contribution in [2.75, 3.05) is 37.6 Å². The van der Waals surface area contributed by atoms with Crippen molar-refractivity contribution in [3.05, 3.63) is 57.5 Å². The number of anilines is 1. The molecule has 0 spiro atoms. The van der Waals surface area contributed by atoms with E-state index >= 15 is 0 Å². The molecule has 3 heterocycles. The molecular formula is C24H31Cl2FN6O. The van der Waals surface area contributed by atoms with Crippen LogP contribution in [-0.4, -0.2) is 65.5 Å². The zero-order chi connectivity index (χ0) is 24.2. The highest BCUT2D eigenvalue weighted by molar-refractivity contribution is 6.33. The number of nitrogen functional groups attached to an aromatic ring is 1. The molecule has 7 nitrogen and oxygen atoms in total. The molecule has 2 saturated heterocycles. The molecule has 0 saturated carbocycles. The number of benzene rings is 1. The Morgan fingerprint density at radius 2 is 1.97 bits per heavy atom. The summed E-state index contributed by atoms with van der Waals surface area (Å²) in [5.41, 5.74) is 3.14. The van der Waals surface area contributed by atoms with Gasteiger partial charge in [0.1, 0.15) is 11.6 Å². The maximum atomic E-state index is 14.2. The van der Waals surface area contributed by atoms with E-state index in [4.69, 9.17) is 29.0 Å². The first-order valence-corrected chi connectivity index (χ1v) is 12.5. The number of carbonyl (C=O) groups excluding carboxylic acids is 1. The van der Waals surface area contributed by atoms with Crippen molar-refractivity contribution in [3.8, 4) is 0 Å². The number of aromatic nitrogens is 1. The number of nitrogens with zero attached hydrogens (tertiary/aromatic N) is 4. The topological polar surface area (TPSA) is 77.7 Å². The molecule has 10 heteroatoms. The lowest BCUT2D eigenvalue weighted by atomic mass is 9.97. The third-order valence-electron chi connectivity index (χ3n) is 6.95. The SMILES string of the molecule is CC[C@H]1CN(c2ncc(C(=O)NN)cc2Cl)CCN1C1CCN(Cc2ccc(Cl)cc2F)CC1. The van der Waals surface area contributed by atoms with Gasteiger partial charge < -0.3 is 4.90 Å². The molecule has 3 N–H and O–H groups in total. The molecule has 1 atom stereocenters. The summed E-state index contributed by atoms with van der Waals surface area (Å²) in [6, 6.07) is 7.43. The highest BCUT2D eigenvalue weighted by Gasteiger charge is 2.34. The first-order chi connectivity index (χ1) is 16.4. The fourth-order valence-corrected chi connectivity index (χ4v) is 5.52. The number of rotatable bonds is 6. The van der Waals surface area contributed by atoms with Gasteiger partial charge in [-0.05, 0) is 50.6 Å². The number of piperidine rings is 1. The van der Waals surface area contributed by atoms with Crippen LogP contribution < -0.4 is 16.2 Å². The summed E-state index contributed by atoms with van der Waals surface area (Å²) >= 11 is 12.3. The van der Waals surface area contributed by atoms with Gasteiger partial charge >= 0.3 is 0 Å². The first kappa shape index (κ1) is 25.1. The molecule has 2 aliphatic heterocycles.